The molecule has 0 aliphatic carbocycles. The standard InChI is InChI=1S/C26H24BrN3O4S2/c1-32-21-13-17(14-22(33-2)25(21)34-3)16-28-30(24(31)11-12-35-19-7-5-4-6-8-19)26-29-20-10-9-18(27)15-23(20)36-26/h4-10,13-16H,11-12H2,1-3H3/b28-16+. The zero-order valence-corrected chi connectivity index (χ0v) is 23.2. The number of fused-ring (bicyclic) bond motifs is 1. The fourth-order valence-corrected chi connectivity index (χ4v) is 5.73. The summed E-state index contributed by atoms with van der Waals surface area (Å²) in [7, 11) is 4.66. The van der Waals surface area contributed by atoms with Gasteiger partial charge >= 0.3 is 0 Å². The van der Waals surface area contributed by atoms with Gasteiger partial charge in [-0.2, -0.15) is 10.1 Å². The Hall–Kier alpha value is -3.08. The number of hydrogen-bond acceptors (Lipinski definition) is 8. The molecule has 3 aromatic carbocycles. The molecular formula is C26H24BrN3O4S2. The number of nitrogens with zero attached hydrogens (tertiary/aromatic N) is 3. The van der Waals surface area contributed by atoms with Crippen molar-refractivity contribution in [1.29, 1.82) is 0 Å². The second-order valence-corrected chi connectivity index (χ2v) is 10.5. The Morgan fingerprint density at radius 2 is 1.78 bits per heavy atom. The molecule has 0 fully saturated rings. The van der Waals surface area contributed by atoms with Crippen molar-refractivity contribution in [3.8, 4) is 17.2 Å². The molecule has 4 aromatic rings. The molecule has 0 N–H and O–H groups in total. The molecule has 0 spiro atoms. The molecule has 1 aromatic heterocycles. The quantitative estimate of drug-likeness (QED) is 0.118. The number of aromatic nitrogens is 1. The van der Waals surface area contributed by atoms with Gasteiger partial charge in [-0.1, -0.05) is 45.5 Å². The summed E-state index contributed by atoms with van der Waals surface area (Å²) in [5, 5.41) is 6.42. The molecule has 186 valence electrons. The van der Waals surface area contributed by atoms with Gasteiger partial charge in [0.15, 0.2) is 11.5 Å². The Morgan fingerprint density at radius 1 is 1.06 bits per heavy atom. The van der Waals surface area contributed by atoms with Crippen molar-refractivity contribution in [2.24, 2.45) is 5.10 Å². The number of carbonyl (C=O) groups excluding carboxylic acids is 1. The average molecular weight is 587 g/mol. The smallest absolute Gasteiger partial charge is 0.250 e. The van der Waals surface area contributed by atoms with Crippen LogP contribution in [0.25, 0.3) is 10.2 Å². The summed E-state index contributed by atoms with van der Waals surface area (Å²) in [6.07, 6.45) is 1.89. The Kier molecular flexibility index (Phi) is 8.84. The summed E-state index contributed by atoms with van der Waals surface area (Å²) < 4.78 is 18.2. The van der Waals surface area contributed by atoms with E-state index in [-0.39, 0.29) is 5.91 Å². The molecule has 0 saturated heterocycles. The van der Waals surface area contributed by atoms with E-state index in [1.54, 1.807) is 51.4 Å². The maximum absolute atomic E-state index is 13.3. The number of hydrogen-bond donors (Lipinski definition) is 0. The lowest BCUT2D eigenvalue weighted by Crippen LogP contribution is -2.25. The Labute approximate surface area is 226 Å². The van der Waals surface area contributed by atoms with Crippen molar-refractivity contribution in [3.63, 3.8) is 0 Å². The lowest BCUT2D eigenvalue weighted by molar-refractivity contribution is -0.118. The van der Waals surface area contributed by atoms with E-state index >= 15 is 0 Å². The number of thiazole rings is 1. The number of thioether (sulfide) groups is 1. The SMILES string of the molecule is COc1cc(/C=N/N(C(=O)CCSc2ccccc2)c2nc3ccc(Br)cc3s2)cc(OC)c1OC. The molecule has 0 saturated carbocycles. The number of rotatable bonds is 10. The first-order chi connectivity index (χ1) is 17.5. The summed E-state index contributed by atoms with van der Waals surface area (Å²) in [6, 6.07) is 19.4. The van der Waals surface area contributed by atoms with E-state index in [2.05, 4.69) is 26.0 Å². The van der Waals surface area contributed by atoms with Gasteiger partial charge in [0.2, 0.25) is 16.8 Å². The number of amides is 1. The lowest BCUT2D eigenvalue weighted by Gasteiger charge is -2.15. The molecule has 1 amide bonds. The zero-order chi connectivity index (χ0) is 25.5. The predicted molar refractivity (Wildman–Crippen MR) is 150 cm³/mol. The van der Waals surface area contributed by atoms with Crippen LogP contribution in [0.3, 0.4) is 0 Å². The first-order valence-electron chi connectivity index (χ1n) is 10.9. The monoisotopic (exact) mass is 585 g/mol. The van der Waals surface area contributed by atoms with Gasteiger partial charge in [0.05, 0.1) is 37.8 Å². The number of benzene rings is 3. The van der Waals surface area contributed by atoms with Gasteiger partial charge in [-0.25, -0.2) is 4.98 Å². The van der Waals surface area contributed by atoms with Crippen molar-refractivity contribution in [1.82, 2.24) is 4.98 Å². The van der Waals surface area contributed by atoms with E-state index in [1.807, 2.05) is 48.5 Å². The van der Waals surface area contributed by atoms with Crippen LogP contribution >= 0.6 is 39.0 Å². The van der Waals surface area contributed by atoms with Crippen LogP contribution in [-0.2, 0) is 4.79 Å². The maximum atomic E-state index is 13.3. The third-order valence-electron chi connectivity index (χ3n) is 5.09. The van der Waals surface area contributed by atoms with Crippen molar-refractivity contribution < 1.29 is 19.0 Å². The van der Waals surface area contributed by atoms with Crippen LogP contribution < -0.4 is 19.2 Å². The fourth-order valence-electron chi connectivity index (χ4n) is 3.38. The topological polar surface area (TPSA) is 73.2 Å². The van der Waals surface area contributed by atoms with Gasteiger partial charge in [0.1, 0.15) is 0 Å². The molecule has 0 bridgehead atoms. The van der Waals surface area contributed by atoms with E-state index in [9.17, 15) is 4.79 Å². The Balaban J connectivity index is 1.63. The molecule has 0 aliphatic rings. The molecule has 4 rings (SSSR count). The normalized spacial score (nSPS) is 11.1. The van der Waals surface area contributed by atoms with E-state index in [1.165, 1.54) is 16.3 Å². The van der Waals surface area contributed by atoms with E-state index in [0.717, 1.165) is 19.6 Å². The van der Waals surface area contributed by atoms with Gasteiger partial charge < -0.3 is 14.2 Å². The number of halogens is 1. The van der Waals surface area contributed by atoms with Crippen LogP contribution in [0.4, 0.5) is 5.13 Å². The summed E-state index contributed by atoms with van der Waals surface area (Å²) >= 11 is 6.53. The van der Waals surface area contributed by atoms with E-state index in [4.69, 9.17) is 14.2 Å². The molecule has 0 radical (unpaired) electrons. The van der Waals surface area contributed by atoms with Gasteiger partial charge in [0, 0.05) is 27.1 Å². The number of hydrazone groups is 1. The van der Waals surface area contributed by atoms with Crippen LogP contribution in [0, 0.1) is 0 Å². The van der Waals surface area contributed by atoms with Crippen LogP contribution in [-0.4, -0.2) is 44.2 Å². The van der Waals surface area contributed by atoms with Crippen LogP contribution in [0.2, 0.25) is 0 Å². The van der Waals surface area contributed by atoms with Crippen LogP contribution in [0.15, 0.2) is 75.1 Å². The van der Waals surface area contributed by atoms with Crippen LogP contribution in [0.5, 0.6) is 17.2 Å². The van der Waals surface area contributed by atoms with Crippen molar-refractivity contribution >= 4 is 66.5 Å². The highest BCUT2D eigenvalue weighted by atomic mass is 79.9. The Bertz CT molecular complexity index is 1350. The summed E-state index contributed by atoms with van der Waals surface area (Å²) in [4.78, 5) is 19.1. The highest BCUT2D eigenvalue weighted by molar-refractivity contribution is 9.10. The Morgan fingerprint density at radius 3 is 2.44 bits per heavy atom. The first-order valence-corrected chi connectivity index (χ1v) is 13.5. The highest BCUT2D eigenvalue weighted by Gasteiger charge is 2.20. The third-order valence-corrected chi connectivity index (χ3v) is 7.59. The zero-order valence-electron chi connectivity index (χ0n) is 19.9. The molecule has 0 unspecified atom stereocenters. The van der Waals surface area contributed by atoms with Gasteiger partial charge in [-0.3, -0.25) is 4.79 Å². The molecule has 0 aliphatic heterocycles. The molecule has 7 nitrogen and oxygen atoms in total. The first kappa shape index (κ1) is 26.0. The minimum atomic E-state index is -0.153. The van der Waals surface area contributed by atoms with Crippen LogP contribution in [0.1, 0.15) is 12.0 Å². The van der Waals surface area contributed by atoms with Gasteiger partial charge in [-0.05, 0) is 42.5 Å². The van der Waals surface area contributed by atoms with Gasteiger partial charge in [-0.15, -0.1) is 11.8 Å². The number of methoxy groups -OCH3 is 3. The number of ether oxygens (including phenoxy) is 3. The number of carbonyl (C=O) groups is 1. The van der Waals surface area contributed by atoms with Crippen molar-refractivity contribution in [2.75, 3.05) is 32.1 Å². The second kappa shape index (κ2) is 12.2. The van der Waals surface area contributed by atoms with Gasteiger partial charge in [0.25, 0.3) is 0 Å². The second-order valence-electron chi connectivity index (χ2n) is 7.43. The molecule has 36 heavy (non-hydrogen) atoms. The van der Waals surface area contributed by atoms with E-state index in [0.29, 0.717) is 40.1 Å². The lowest BCUT2D eigenvalue weighted by atomic mass is 10.2. The van der Waals surface area contributed by atoms with E-state index < -0.39 is 0 Å². The van der Waals surface area contributed by atoms with Crippen molar-refractivity contribution in [3.05, 3.63) is 70.7 Å². The average Bonchev–Trinajstić information content (AvgIpc) is 3.31. The maximum Gasteiger partial charge on any atom is 0.250 e. The largest absolute Gasteiger partial charge is 0.493 e. The molecule has 1 heterocycles. The molecule has 10 heteroatoms. The molecule has 0 atom stereocenters. The minimum Gasteiger partial charge on any atom is -0.493 e. The van der Waals surface area contributed by atoms with Crippen molar-refractivity contribution in [2.45, 2.75) is 11.3 Å². The predicted octanol–water partition coefficient (Wildman–Crippen LogP) is 6.63. The fraction of sp³-hybridized carbons (Fsp3) is 0.192. The summed E-state index contributed by atoms with van der Waals surface area (Å²) in [6.45, 7) is 0. The minimum absolute atomic E-state index is 0.153. The summed E-state index contributed by atoms with van der Waals surface area (Å²) in [5.74, 6) is 1.95. The number of anilines is 1. The third kappa shape index (κ3) is 6.18. The highest BCUT2D eigenvalue weighted by Crippen LogP contribution is 2.38. The molecular weight excluding hydrogens is 562 g/mol. The summed E-state index contributed by atoms with van der Waals surface area (Å²) in [5.41, 5.74) is 1.49.